The molecule has 6 nitrogen and oxygen atoms in total. The van der Waals surface area contributed by atoms with Gasteiger partial charge < -0.3 is 9.80 Å². The Bertz CT molecular complexity index is 781. The Morgan fingerprint density at radius 2 is 2.00 bits per heavy atom. The molecule has 0 radical (unpaired) electrons. The lowest BCUT2D eigenvalue weighted by Crippen LogP contribution is -2.47. The Morgan fingerprint density at radius 3 is 2.74 bits per heavy atom. The van der Waals surface area contributed by atoms with Gasteiger partial charge in [-0.2, -0.15) is 0 Å². The highest BCUT2D eigenvalue weighted by Gasteiger charge is 2.18. The minimum atomic E-state index is -0.109. The van der Waals surface area contributed by atoms with Crippen molar-refractivity contribution in [2.75, 3.05) is 33.2 Å². The highest BCUT2D eigenvalue weighted by atomic mass is 79.9. The van der Waals surface area contributed by atoms with Crippen LogP contribution in [-0.4, -0.2) is 58.5 Å². The fourth-order valence-corrected chi connectivity index (χ4v) is 3.08. The van der Waals surface area contributed by atoms with Crippen LogP contribution >= 0.6 is 15.9 Å². The van der Waals surface area contributed by atoms with Gasteiger partial charge in [0, 0.05) is 43.6 Å². The third kappa shape index (κ3) is 3.61. The van der Waals surface area contributed by atoms with Gasteiger partial charge in [0.2, 0.25) is 5.91 Å². The molecule has 1 amide bonds. The lowest BCUT2D eigenvalue weighted by molar-refractivity contribution is -0.133. The molecule has 23 heavy (non-hydrogen) atoms. The molecule has 0 aliphatic carbocycles. The van der Waals surface area contributed by atoms with Crippen molar-refractivity contribution in [3.8, 4) is 0 Å². The van der Waals surface area contributed by atoms with Gasteiger partial charge >= 0.3 is 0 Å². The van der Waals surface area contributed by atoms with Crippen LogP contribution < -0.4 is 5.56 Å². The number of piperazine rings is 1. The highest BCUT2D eigenvalue weighted by molar-refractivity contribution is 9.10. The molecule has 0 saturated carbocycles. The van der Waals surface area contributed by atoms with E-state index in [9.17, 15) is 9.59 Å². The van der Waals surface area contributed by atoms with Gasteiger partial charge in [0.25, 0.3) is 5.56 Å². The van der Waals surface area contributed by atoms with Gasteiger partial charge in [-0.25, -0.2) is 4.98 Å². The Labute approximate surface area is 142 Å². The van der Waals surface area contributed by atoms with Gasteiger partial charge in [-0.05, 0) is 25.2 Å². The smallest absolute Gasteiger partial charge is 0.261 e. The van der Waals surface area contributed by atoms with E-state index in [2.05, 4.69) is 32.9 Å². The van der Waals surface area contributed by atoms with Crippen molar-refractivity contribution in [1.82, 2.24) is 19.4 Å². The van der Waals surface area contributed by atoms with E-state index >= 15 is 0 Å². The van der Waals surface area contributed by atoms with Gasteiger partial charge in [0.05, 0.1) is 17.2 Å². The second kappa shape index (κ2) is 6.80. The molecule has 1 aromatic heterocycles. The maximum atomic E-state index is 12.5. The van der Waals surface area contributed by atoms with Gasteiger partial charge in [-0.3, -0.25) is 14.2 Å². The number of carbonyl (C=O) groups excluding carboxylic acids is 1. The summed E-state index contributed by atoms with van der Waals surface area (Å²) >= 11 is 3.37. The largest absolute Gasteiger partial charge is 0.340 e. The molecule has 7 heteroatoms. The number of aryl methyl sites for hydroxylation is 1. The molecule has 0 N–H and O–H groups in total. The highest BCUT2D eigenvalue weighted by Crippen LogP contribution is 2.15. The minimum Gasteiger partial charge on any atom is -0.340 e. The molecular weight excluding hydrogens is 360 g/mol. The zero-order chi connectivity index (χ0) is 16.4. The van der Waals surface area contributed by atoms with Crippen LogP contribution in [-0.2, 0) is 11.3 Å². The summed E-state index contributed by atoms with van der Waals surface area (Å²) in [6.45, 7) is 3.67. The van der Waals surface area contributed by atoms with Crippen LogP contribution in [0.25, 0.3) is 10.9 Å². The van der Waals surface area contributed by atoms with Crippen molar-refractivity contribution in [2.24, 2.45) is 0 Å². The first kappa shape index (κ1) is 16.1. The van der Waals surface area contributed by atoms with E-state index in [4.69, 9.17) is 0 Å². The molecule has 0 spiro atoms. The van der Waals surface area contributed by atoms with E-state index in [0.717, 1.165) is 30.7 Å². The van der Waals surface area contributed by atoms with Crippen LogP contribution in [0.15, 0.2) is 33.8 Å². The summed E-state index contributed by atoms with van der Waals surface area (Å²) in [6.07, 6.45) is 1.85. The third-order valence-corrected chi connectivity index (χ3v) is 4.70. The molecule has 3 rings (SSSR count). The lowest BCUT2D eigenvalue weighted by atomic mass is 10.2. The number of hydrogen-bond acceptors (Lipinski definition) is 4. The van der Waals surface area contributed by atoms with E-state index in [1.54, 1.807) is 12.1 Å². The second-order valence-corrected chi connectivity index (χ2v) is 6.75. The first-order valence-corrected chi connectivity index (χ1v) is 8.45. The quantitative estimate of drug-likeness (QED) is 0.808. The zero-order valence-electron chi connectivity index (χ0n) is 13.0. The molecule has 0 unspecified atom stereocenters. The van der Waals surface area contributed by atoms with E-state index in [1.807, 2.05) is 11.0 Å². The molecule has 122 valence electrons. The maximum absolute atomic E-state index is 12.5. The molecule has 1 aliphatic heterocycles. The van der Waals surface area contributed by atoms with Crippen LogP contribution in [0.2, 0.25) is 0 Å². The van der Waals surface area contributed by atoms with Crippen LogP contribution in [0.3, 0.4) is 0 Å². The molecule has 0 atom stereocenters. The van der Waals surface area contributed by atoms with Crippen molar-refractivity contribution >= 4 is 32.7 Å². The summed E-state index contributed by atoms with van der Waals surface area (Å²) in [5.41, 5.74) is 0.558. The average molecular weight is 379 g/mol. The third-order valence-electron chi connectivity index (χ3n) is 4.21. The Balaban J connectivity index is 1.71. The van der Waals surface area contributed by atoms with Gasteiger partial charge in [-0.15, -0.1) is 0 Å². The number of halogens is 1. The summed E-state index contributed by atoms with van der Waals surface area (Å²) in [7, 11) is 2.06. The number of likely N-dealkylation sites (N-methyl/N-ethyl adjacent to an activating group) is 1. The monoisotopic (exact) mass is 378 g/mol. The normalized spacial score (nSPS) is 16.0. The second-order valence-electron chi connectivity index (χ2n) is 5.84. The zero-order valence-corrected chi connectivity index (χ0v) is 14.6. The van der Waals surface area contributed by atoms with Crippen LogP contribution in [0.4, 0.5) is 0 Å². The SMILES string of the molecule is CN1CCN(C(=O)CCn2cnc3ccc(Br)cc3c2=O)CC1. The van der Waals surface area contributed by atoms with Gasteiger partial charge in [0.1, 0.15) is 0 Å². The van der Waals surface area contributed by atoms with Gasteiger partial charge in [0.15, 0.2) is 0 Å². The first-order chi connectivity index (χ1) is 11.0. The van der Waals surface area contributed by atoms with E-state index in [1.165, 1.54) is 10.9 Å². The average Bonchev–Trinajstić information content (AvgIpc) is 2.55. The van der Waals surface area contributed by atoms with Crippen molar-refractivity contribution in [3.63, 3.8) is 0 Å². The molecule has 1 aromatic carbocycles. The van der Waals surface area contributed by atoms with Crippen molar-refractivity contribution in [3.05, 3.63) is 39.4 Å². The number of amides is 1. The van der Waals surface area contributed by atoms with Crippen molar-refractivity contribution < 1.29 is 4.79 Å². The fraction of sp³-hybridized carbons (Fsp3) is 0.438. The van der Waals surface area contributed by atoms with Crippen molar-refractivity contribution in [1.29, 1.82) is 0 Å². The van der Waals surface area contributed by atoms with Crippen molar-refractivity contribution in [2.45, 2.75) is 13.0 Å². The Hall–Kier alpha value is -1.73. The van der Waals surface area contributed by atoms with E-state index in [-0.39, 0.29) is 11.5 Å². The maximum Gasteiger partial charge on any atom is 0.261 e. The van der Waals surface area contributed by atoms with E-state index < -0.39 is 0 Å². The number of benzene rings is 1. The van der Waals surface area contributed by atoms with Crippen LogP contribution in [0.1, 0.15) is 6.42 Å². The minimum absolute atomic E-state index is 0.0966. The summed E-state index contributed by atoms with van der Waals surface area (Å²) in [5.74, 6) is 0.0966. The number of nitrogens with zero attached hydrogens (tertiary/aromatic N) is 4. The molecule has 1 saturated heterocycles. The van der Waals surface area contributed by atoms with Gasteiger partial charge in [-0.1, -0.05) is 15.9 Å². The standard InChI is InChI=1S/C16H19BrN4O2/c1-19-6-8-20(9-7-19)15(22)4-5-21-11-18-14-3-2-12(17)10-13(14)16(21)23/h2-3,10-11H,4-9H2,1H3. The predicted molar refractivity (Wildman–Crippen MR) is 92.4 cm³/mol. The molecule has 1 aliphatic rings. The lowest BCUT2D eigenvalue weighted by Gasteiger charge is -2.32. The topological polar surface area (TPSA) is 58.4 Å². The summed E-state index contributed by atoms with van der Waals surface area (Å²) in [4.78, 5) is 33.1. The predicted octanol–water partition coefficient (Wildman–Crippen LogP) is 1.32. The number of hydrogen-bond donors (Lipinski definition) is 0. The molecule has 2 heterocycles. The summed E-state index contributed by atoms with van der Waals surface area (Å²) < 4.78 is 2.36. The number of aromatic nitrogens is 2. The Morgan fingerprint density at radius 1 is 1.26 bits per heavy atom. The van der Waals surface area contributed by atoms with Crippen LogP contribution in [0.5, 0.6) is 0 Å². The summed E-state index contributed by atoms with van der Waals surface area (Å²) in [5, 5.41) is 0.564. The fourth-order valence-electron chi connectivity index (χ4n) is 2.72. The number of carbonyl (C=O) groups is 1. The van der Waals surface area contributed by atoms with Crippen LogP contribution in [0, 0.1) is 0 Å². The molecular formula is C16H19BrN4O2. The molecule has 2 aromatic rings. The molecule has 1 fully saturated rings. The first-order valence-electron chi connectivity index (χ1n) is 7.65. The summed E-state index contributed by atoms with van der Waals surface area (Å²) in [6, 6.07) is 5.43. The Kier molecular flexibility index (Phi) is 4.77. The number of rotatable bonds is 3. The number of fused-ring (bicyclic) bond motifs is 1. The van der Waals surface area contributed by atoms with E-state index in [0.29, 0.717) is 23.9 Å². The molecule has 0 bridgehead atoms.